The maximum absolute atomic E-state index is 14.4. The van der Waals surface area contributed by atoms with Crippen LogP contribution in [0.2, 0.25) is 5.15 Å². The Hall–Kier alpha value is -1.83. The number of rotatable bonds is 3. The number of likely N-dealkylation sites (tertiary alicyclic amines) is 1. The van der Waals surface area contributed by atoms with Crippen LogP contribution in [0.25, 0.3) is 0 Å². The number of H-pyrrole nitrogens is 1. The van der Waals surface area contributed by atoms with Crippen LogP contribution in [0, 0.1) is 0 Å². The Labute approximate surface area is 151 Å². The number of aromatic nitrogens is 2. The highest BCUT2D eigenvalue weighted by Gasteiger charge is 2.35. The molecule has 2 amide bonds. The van der Waals surface area contributed by atoms with E-state index in [1.54, 1.807) is 20.8 Å². The number of aryl methyl sites for hydroxylation is 1. The number of carbonyl (C=O) groups excluding carboxylic acids is 2. The van der Waals surface area contributed by atoms with E-state index in [4.69, 9.17) is 16.3 Å². The molecule has 0 aromatic carbocycles. The molecule has 1 saturated heterocycles. The number of aromatic amines is 1. The van der Waals surface area contributed by atoms with Crippen molar-refractivity contribution in [1.82, 2.24) is 20.2 Å². The number of alkyl halides is 1. The van der Waals surface area contributed by atoms with Gasteiger partial charge in [0.2, 0.25) is 0 Å². The van der Waals surface area contributed by atoms with Gasteiger partial charge in [-0.1, -0.05) is 18.5 Å². The van der Waals surface area contributed by atoms with Gasteiger partial charge in [-0.15, -0.1) is 0 Å². The maximum atomic E-state index is 14.4. The Morgan fingerprint density at radius 2 is 2.16 bits per heavy atom. The number of amides is 2. The van der Waals surface area contributed by atoms with E-state index in [0.29, 0.717) is 25.1 Å². The Balaban J connectivity index is 1.92. The molecular formula is C16H24ClFN4O3. The largest absolute Gasteiger partial charge is 0.444 e. The fourth-order valence-corrected chi connectivity index (χ4v) is 2.79. The molecule has 0 bridgehead atoms. The molecule has 0 unspecified atom stereocenters. The first kappa shape index (κ1) is 19.5. The molecule has 0 aliphatic carbocycles. The molecule has 9 heteroatoms. The summed E-state index contributed by atoms with van der Waals surface area (Å²) < 4.78 is 19.6. The topological polar surface area (TPSA) is 87.3 Å². The number of hydrogen-bond donors (Lipinski definition) is 2. The third-order valence-corrected chi connectivity index (χ3v) is 4.12. The van der Waals surface area contributed by atoms with Crippen molar-refractivity contribution in [2.24, 2.45) is 0 Å². The molecule has 140 valence electrons. The lowest BCUT2D eigenvalue weighted by Gasteiger charge is -2.35. The first-order valence-corrected chi connectivity index (χ1v) is 8.65. The second-order valence-corrected chi connectivity index (χ2v) is 7.38. The maximum Gasteiger partial charge on any atom is 0.410 e. The molecular weight excluding hydrogens is 351 g/mol. The lowest BCUT2D eigenvalue weighted by molar-refractivity contribution is 0.00969. The monoisotopic (exact) mass is 374 g/mol. The van der Waals surface area contributed by atoms with E-state index in [9.17, 15) is 14.0 Å². The van der Waals surface area contributed by atoms with Crippen LogP contribution in [0.1, 0.15) is 50.4 Å². The molecule has 1 fully saturated rings. The minimum absolute atomic E-state index is 0.0589. The molecule has 1 aromatic rings. The van der Waals surface area contributed by atoms with Gasteiger partial charge in [0.1, 0.15) is 11.8 Å². The Morgan fingerprint density at radius 1 is 1.48 bits per heavy atom. The second-order valence-electron chi connectivity index (χ2n) is 7.02. The number of hydrogen-bond acceptors (Lipinski definition) is 4. The number of piperidine rings is 1. The summed E-state index contributed by atoms with van der Waals surface area (Å²) >= 11 is 5.91. The van der Waals surface area contributed by atoms with Gasteiger partial charge in [-0.2, -0.15) is 0 Å². The van der Waals surface area contributed by atoms with Crippen molar-refractivity contribution in [3.05, 3.63) is 16.7 Å². The van der Waals surface area contributed by atoms with Crippen LogP contribution in [0.15, 0.2) is 0 Å². The molecule has 1 aliphatic rings. The van der Waals surface area contributed by atoms with Crippen LogP contribution >= 0.6 is 11.6 Å². The molecule has 1 aliphatic heterocycles. The number of halogens is 2. The Morgan fingerprint density at radius 3 is 2.68 bits per heavy atom. The smallest absolute Gasteiger partial charge is 0.410 e. The summed E-state index contributed by atoms with van der Waals surface area (Å²) in [6, 6.07) is -0.694. The molecule has 0 spiro atoms. The number of ether oxygens (including phenoxy) is 1. The lowest BCUT2D eigenvalue weighted by atomic mass is 10.0. The summed E-state index contributed by atoms with van der Waals surface area (Å²) in [5.74, 6) is -0.455. The van der Waals surface area contributed by atoms with Crippen molar-refractivity contribution in [3.63, 3.8) is 0 Å². The zero-order chi connectivity index (χ0) is 18.8. The molecule has 0 radical (unpaired) electrons. The van der Waals surface area contributed by atoms with E-state index in [1.165, 1.54) is 4.90 Å². The van der Waals surface area contributed by atoms with Gasteiger partial charge >= 0.3 is 6.09 Å². The highest BCUT2D eigenvalue weighted by atomic mass is 35.5. The van der Waals surface area contributed by atoms with Crippen molar-refractivity contribution in [1.29, 1.82) is 0 Å². The average Bonchev–Trinajstić information content (AvgIpc) is 2.88. The number of nitrogens with one attached hydrogen (secondary N) is 2. The Kier molecular flexibility index (Phi) is 5.92. The van der Waals surface area contributed by atoms with E-state index >= 15 is 0 Å². The predicted molar refractivity (Wildman–Crippen MR) is 91.5 cm³/mol. The fourth-order valence-electron chi connectivity index (χ4n) is 2.53. The van der Waals surface area contributed by atoms with Crippen molar-refractivity contribution in [2.75, 3.05) is 13.1 Å². The molecule has 7 nitrogen and oxygen atoms in total. The van der Waals surface area contributed by atoms with E-state index in [2.05, 4.69) is 15.3 Å². The number of carbonyl (C=O) groups is 2. The Bertz CT molecular complexity index is 644. The number of imidazole rings is 1. The highest BCUT2D eigenvalue weighted by Crippen LogP contribution is 2.19. The summed E-state index contributed by atoms with van der Waals surface area (Å²) in [6.07, 6.45) is -1.04. The van der Waals surface area contributed by atoms with Gasteiger partial charge in [-0.05, 0) is 33.6 Å². The van der Waals surface area contributed by atoms with Gasteiger partial charge in [0.25, 0.3) is 5.91 Å². The molecule has 25 heavy (non-hydrogen) atoms. The van der Waals surface area contributed by atoms with E-state index in [-0.39, 0.29) is 17.5 Å². The van der Waals surface area contributed by atoms with Gasteiger partial charge in [-0.25, -0.2) is 14.2 Å². The SMILES string of the molecule is CCc1[nH]c(C(=O)N[C@@H]2CCN(C(=O)OC(C)(C)C)C[C@@H]2F)nc1Cl. The van der Waals surface area contributed by atoms with Crippen molar-refractivity contribution in [3.8, 4) is 0 Å². The quantitative estimate of drug-likeness (QED) is 0.851. The van der Waals surface area contributed by atoms with Gasteiger partial charge in [0.15, 0.2) is 11.0 Å². The fraction of sp³-hybridized carbons (Fsp3) is 0.688. The first-order valence-electron chi connectivity index (χ1n) is 8.28. The zero-order valence-electron chi connectivity index (χ0n) is 14.9. The zero-order valence-corrected chi connectivity index (χ0v) is 15.6. The van der Waals surface area contributed by atoms with Crippen LogP contribution in [0.4, 0.5) is 9.18 Å². The number of nitrogens with zero attached hydrogens (tertiary/aromatic N) is 2. The summed E-state index contributed by atoms with van der Waals surface area (Å²) in [5.41, 5.74) is 0.0205. The molecule has 2 N–H and O–H groups in total. The van der Waals surface area contributed by atoms with E-state index in [1.807, 2.05) is 6.92 Å². The van der Waals surface area contributed by atoms with Crippen molar-refractivity contribution < 1.29 is 18.7 Å². The second kappa shape index (κ2) is 7.59. The van der Waals surface area contributed by atoms with E-state index in [0.717, 1.165) is 0 Å². The molecule has 0 saturated carbocycles. The van der Waals surface area contributed by atoms with Gasteiger partial charge in [-0.3, -0.25) is 4.79 Å². The van der Waals surface area contributed by atoms with Crippen LogP contribution in [0.3, 0.4) is 0 Å². The van der Waals surface area contributed by atoms with Crippen molar-refractivity contribution in [2.45, 2.75) is 58.4 Å². The van der Waals surface area contributed by atoms with E-state index < -0.39 is 29.8 Å². The molecule has 2 rings (SSSR count). The minimum atomic E-state index is -1.39. The predicted octanol–water partition coefficient (Wildman–Crippen LogP) is 2.70. The minimum Gasteiger partial charge on any atom is -0.444 e. The standard InChI is InChI=1S/C16H24ClFN4O3/c1-5-10-12(17)21-13(19-10)14(23)20-11-6-7-22(8-9(11)18)15(24)25-16(2,3)4/h9,11H,5-8H2,1-4H3,(H,19,21)(H,20,23)/t9-,11+/m0/s1. The van der Waals surface area contributed by atoms with Gasteiger partial charge < -0.3 is 19.9 Å². The average molecular weight is 375 g/mol. The van der Waals surface area contributed by atoms with Crippen LogP contribution in [-0.2, 0) is 11.2 Å². The highest BCUT2D eigenvalue weighted by molar-refractivity contribution is 6.30. The molecule has 2 atom stereocenters. The first-order chi connectivity index (χ1) is 11.6. The summed E-state index contributed by atoms with van der Waals surface area (Å²) in [4.78, 5) is 32.3. The summed E-state index contributed by atoms with van der Waals surface area (Å²) in [5, 5.41) is 2.85. The van der Waals surface area contributed by atoms with Crippen molar-refractivity contribution >= 4 is 23.6 Å². The normalized spacial score (nSPS) is 21.1. The third-order valence-electron chi connectivity index (χ3n) is 3.81. The lowest BCUT2D eigenvalue weighted by Crippen LogP contribution is -2.54. The van der Waals surface area contributed by atoms with Gasteiger partial charge in [0, 0.05) is 6.54 Å². The van der Waals surface area contributed by atoms with Crippen LogP contribution in [-0.4, -0.2) is 57.8 Å². The summed E-state index contributed by atoms with van der Waals surface area (Å²) in [6.45, 7) is 7.32. The molecule has 2 heterocycles. The van der Waals surface area contributed by atoms with Crippen LogP contribution < -0.4 is 5.32 Å². The summed E-state index contributed by atoms with van der Waals surface area (Å²) in [7, 11) is 0. The molecule has 1 aromatic heterocycles. The van der Waals surface area contributed by atoms with Gasteiger partial charge in [0.05, 0.1) is 18.3 Å². The van der Waals surface area contributed by atoms with Crippen LogP contribution in [0.5, 0.6) is 0 Å². The third kappa shape index (κ3) is 5.07.